The van der Waals surface area contributed by atoms with E-state index in [1.165, 1.54) is 0 Å². The first-order chi connectivity index (χ1) is 8.65. The maximum Gasteiger partial charge on any atom is 0.358 e. The van der Waals surface area contributed by atoms with Gasteiger partial charge in [0.1, 0.15) is 0 Å². The van der Waals surface area contributed by atoms with Crippen LogP contribution in [0.15, 0.2) is 0 Å². The Bertz CT molecular complexity index is 424. The number of carboxylic acids is 1. The normalized spacial score (nSPS) is 18.8. The SMILES string of the molecule is CCC(C)n1nnc(C(=O)O)c1C1CCNCC1. The first-order valence-electron chi connectivity index (χ1n) is 6.54. The van der Waals surface area contributed by atoms with Crippen molar-refractivity contribution in [2.24, 2.45) is 0 Å². The molecule has 0 bridgehead atoms. The van der Waals surface area contributed by atoms with E-state index in [1.54, 1.807) is 4.68 Å². The molecule has 1 aromatic heterocycles. The fourth-order valence-electron chi connectivity index (χ4n) is 2.43. The van der Waals surface area contributed by atoms with Gasteiger partial charge in [0.25, 0.3) is 0 Å². The van der Waals surface area contributed by atoms with Gasteiger partial charge in [-0.2, -0.15) is 0 Å². The second kappa shape index (κ2) is 5.48. The van der Waals surface area contributed by atoms with Gasteiger partial charge in [-0.3, -0.25) is 0 Å². The average Bonchev–Trinajstić information content (AvgIpc) is 2.83. The molecule has 1 unspecified atom stereocenters. The summed E-state index contributed by atoms with van der Waals surface area (Å²) in [6, 6.07) is 0.190. The van der Waals surface area contributed by atoms with Crippen LogP contribution in [0, 0.1) is 0 Å². The number of aromatic nitrogens is 3. The first-order valence-corrected chi connectivity index (χ1v) is 6.54. The molecule has 0 amide bonds. The van der Waals surface area contributed by atoms with Crippen molar-refractivity contribution >= 4 is 5.97 Å². The number of carboxylic acid groups (broad SMARTS) is 1. The fourth-order valence-corrected chi connectivity index (χ4v) is 2.43. The van der Waals surface area contributed by atoms with E-state index < -0.39 is 5.97 Å². The highest BCUT2D eigenvalue weighted by molar-refractivity contribution is 5.86. The monoisotopic (exact) mass is 252 g/mol. The van der Waals surface area contributed by atoms with Crippen LogP contribution in [0.4, 0.5) is 0 Å². The molecule has 0 spiro atoms. The molecule has 0 aliphatic carbocycles. The van der Waals surface area contributed by atoms with Gasteiger partial charge < -0.3 is 10.4 Å². The topological polar surface area (TPSA) is 80.0 Å². The van der Waals surface area contributed by atoms with Crippen LogP contribution >= 0.6 is 0 Å². The van der Waals surface area contributed by atoms with Crippen LogP contribution in [0.25, 0.3) is 0 Å². The lowest BCUT2D eigenvalue weighted by Gasteiger charge is -2.25. The van der Waals surface area contributed by atoms with E-state index in [1.807, 2.05) is 6.92 Å². The zero-order valence-electron chi connectivity index (χ0n) is 10.9. The molecule has 2 rings (SSSR count). The lowest BCUT2D eigenvalue weighted by atomic mass is 9.92. The van der Waals surface area contributed by atoms with Gasteiger partial charge in [-0.1, -0.05) is 12.1 Å². The number of nitrogens with one attached hydrogen (secondary N) is 1. The van der Waals surface area contributed by atoms with Crippen molar-refractivity contribution in [2.45, 2.75) is 45.1 Å². The van der Waals surface area contributed by atoms with Gasteiger partial charge in [-0.05, 0) is 39.3 Å². The van der Waals surface area contributed by atoms with Crippen molar-refractivity contribution in [2.75, 3.05) is 13.1 Å². The predicted octanol–water partition coefficient (Wildman–Crippen LogP) is 1.41. The number of piperidine rings is 1. The molecule has 1 aliphatic rings. The van der Waals surface area contributed by atoms with Crippen LogP contribution in [0.3, 0.4) is 0 Å². The molecule has 6 heteroatoms. The van der Waals surface area contributed by atoms with Crippen molar-refractivity contribution in [1.82, 2.24) is 20.3 Å². The summed E-state index contributed by atoms with van der Waals surface area (Å²) in [6.45, 7) is 5.97. The van der Waals surface area contributed by atoms with Crippen LogP contribution in [0.5, 0.6) is 0 Å². The Morgan fingerprint density at radius 2 is 2.22 bits per heavy atom. The molecule has 6 nitrogen and oxygen atoms in total. The van der Waals surface area contributed by atoms with Crippen molar-refractivity contribution in [3.05, 3.63) is 11.4 Å². The lowest BCUT2D eigenvalue weighted by Crippen LogP contribution is -2.29. The number of nitrogens with zero attached hydrogens (tertiary/aromatic N) is 3. The minimum atomic E-state index is -0.974. The summed E-state index contributed by atoms with van der Waals surface area (Å²) < 4.78 is 1.80. The summed E-state index contributed by atoms with van der Waals surface area (Å²) in [6.07, 6.45) is 2.81. The average molecular weight is 252 g/mol. The Morgan fingerprint density at radius 1 is 1.56 bits per heavy atom. The number of hydrogen-bond donors (Lipinski definition) is 2. The molecule has 1 fully saturated rings. The highest BCUT2D eigenvalue weighted by Crippen LogP contribution is 2.29. The van der Waals surface area contributed by atoms with Crippen molar-refractivity contribution in [3.63, 3.8) is 0 Å². The molecule has 1 atom stereocenters. The Kier molecular flexibility index (Phi) is 3.96. The highest BCUT2D eigenvalue weighted by Gasteiger charge is 2.28. The number of rotatable bonds is 4. The molecular weight excluding hydrogens is 232 g/mol. The molecule has 0 saturated carbocycles. The molecule has 100 valence electrons. The van der Waals surface area contributed by atoms with Crippen LogP contribution in [0.2, 0.25) is 0 Å². The molecule has 18 heavy (non-hydrogen) atoms. The molecule has 2 N–H and O–H groups in total. The summed E-state index contributed by atoms with van der Waals surface area (Å²) in [5.74, 6) is -0.723. The molecular formula is C12H20N4O2. The first kappa shape index (κ1) is 13.0. The minimum absolute atomic E-state index is 0.127. The van der Waals surface area contributed by atoms with Crippen molar-refractivity contribution < 1.29 is 9.90 Å². The maximum absolute atomic E-state index is 11.3. The third kappa shape index (κ3) is 2.38. The van der Waals surface area contributed by atoms with E-state index in [4.69, 9.17) is 0 Å². The van der Waals surface area contributed by atoms with Gasteiger partial charge in [0.2, 0.25) is 0 Å². The van der Waals surface area contributed by atoms with E-state index in [0.29, 0.717) is 0 Å². The molecule has 1 saturated heterocycles. The zero-order chi connectivity index (χ0) is 13.1. The number of aromatic carboxylic acids is 1. The largest absolute Gasteiger partial charge is 0.476 e. The lowest BCUT2D eigenvalue weighted by molar-refractivity contribution is 0.0688. The van der Waals surface area contributed by atoms with Gasteiger partial charge in [-0.25, -0.2) is 9.48 Å². The maximum atomic E-state index is 11.3. The van der Waals surface area contributed by atoms with Gasteiger partial charge in [-0.15, -0.1) is 5.10 Å². The standard InChI is InChI=1S/C12H20N4O2/c1-3-8(2)16-11(9-4-6-13-7-5-9)10(12(17)18)14-15-16/h8-9,13H,3-7H2,1-2H3,(H,17,18). The van der Waals surface area contributed by atoms with Crippen molar-refractivity contribution in [3.8, 4) is 0 Å². The molecule has 2 heterocycles. The summed E-state index contributed by atoms with van der Waals surface area (Å²) in [5, 5.41) is 20.4. The Labute approximate surface area is 106 Å². The van der Waals surface area contributed by atoms with E-state index in [-0.39, 0.29) is 17.7 Å². The van der Waals surface area contributed by atoms with Crippen LogP contribution in [-0.4, -0.2) is 39.2 Å². The van der Waals surface area contributed by atoms with Gasteiger partial charge >= 0.3 is 5.97 Å². The fraction of sp³-hybridized carbons (Fsp3) is 0.750. The molecule has 0 aromatic carbocycles. The highest BCUT2D eigenvalue weighted by atomic mass is 16.4. The minimum Gasteiger partial charge on any atom is -0.476 e. The molecule has 1 aromatic rings. The summed E-state index contributed by atoms with van der Waals surface area (Å²) >= 11 is 0. The summed E-state index contributed by atoms with van der Waals surface area (Å²) in [4.78, 5) is 11.3. The second-order valence-corrected chi connectivity index (χ2v) is 4.85. The van der Waals surface area contributed by atoms with E-state index in [0.717, 1.165) is 38.0 Å². The van der Waals surface area contributed by atoms with Crippen LogP contribution < -0.4 is 5.32 Å². The van der Waals surface area contributed by atoms with Gasteiger partial charge in [0.05, 0.1) is 11.7 Å². The Morgan fingerprint density at radius 3 is 2.78 bits per heavy atom. The zero-order valence-corrected chi connectivity index (χ0v) is 10.9. The smallest absolute Gasteiger partial charge is 0.358 e. The second-order valence-electron chi connectivity index (χ2n) is 4.85. The van der Waals surface area contributed by atoms with Crippen LogP contribution in [-0.2, 0) is 0 Å². The summed E-state index contributed by atoms with van der Waals surface area (Å²) in [7, 11) is 0. The quantitative estimate of drug-likeness (QED) is 0.847. The Balaban J connectivity index is 2.39. The van der Waals surface area contributed by atoms with Crippen LogP contribution in [0.1, 0.15) is 61.3 Å². The number of carbonyl (C=O) groups is 1. The predicted molar refractivity (Wildman–Crippen MR) is 66.8 cm³/mol. The summed E-state index contributed by atoms with van der Waals surface area (Å²) in [5.41, 5.74) is 0.931. The van der Waals surface area contributed by atoms with E-state index >= 15 is 0 Å². The van der Waals surface area contributed by atoms with Crippen molar-refractivity contribution in [1.29, 1.82) is 0 Å². The Hall–Kier alpha value is -1.43. The van der Waals surface area contributed by atoms with Gasteiger partial charge in [0.15, 0.2) is 5.69 Å². The van der Waals surface area contributed by atoms with E-state index in [2.05, 4.69) is 22.6 Å². The molecule has 1 aliphatic heterocycles. The number of hydrogen-bond acceptors (Lipinski definition) is 4. The third-order valence-electron chi connectivity index (χ3n) is 3.67. The van der Waals surface area contributed by atoms with Gasteiger partial charge in [0, 0.05) is 5.92 Å². The third-order valence-corrected chi connectivity index (χ3v) is 3.67. The molecule has 0 radical (unpaired) electrons. The van der Waals surface area contributed by atoms with E-state index in [9.17, 15) is 9.90 Å².